The second kappa shape index (κ2) is 3.72. The fraction of sp³-hybridized carbons (Fsp3) is 0.222. The summed E-state index contributed by atoms with van der Waals surface area (Å²) in [6.45, 7) is 1.44. The van der Waals surface area contributed by atoms with Gasteiger partial charge < -0.3 is 11.1 Å². The second-order valence-corrected chi connectivity index (χ2v) is 3.52. The number of anilines is 1. The molecule has 0 saturated heterocycles. The Balaban J connectivity index is 2.35. The second-order valence-electron chi connectivity index (χ2n) is 2.74. The molecule has 0 radical (unpaired) electrons. The van der Waals surface area contributed by atoms with Crippen LogP contribution in [0.3, 0.4) is 0 Å². The van der Waals surface area contributed by atoms with Gasteiger partial charge in [-0.2, -0.15) is 4.37 Å². The van der Waals surface area contributed by atoms with Crippen molar-refractivity contribution in [3.05, 3.63) is 24.3 Å². The molecule has 3 nitrogen and oxygen atoms in total. The first-order valence-corrected chi connectivity index (χ1v) is 4.97. The number of hydrogen-bond donors (Lipinski definition) is 2. The molecule has 0 atom stereocenters. The van der Waals surface area contributed by atoms with Gasteiger partial charge in [0, 0.05) is 18.5 Å². The summed E-state index contributed by atoms with van der Waals surface area (Å²) in [4.78, 5) is 0. The van der Waals surface area contributed by atoms with E-state index in [0.717, 1.165) is 17.1 Å². The first-order valence-electron chi connectivity index (χ1n) is 4.20. The van der Waals surface area contributed by atoms with Gasteiger partial charge >= 0.3 is 0 Å². The number of nitrogens with one attached hydrogen (secondary N) is 1. The molecule has 2 aromatic rings. The number of rotatable bonds is 3. The van der Waals surface area contributed by atoms with Crippen LogP contribution in [0.2, 0.25) is 0 Å². The summed E-state index contributed by atoms with van der Waals surface area (Å²) in [7, 11) is 0. The summed E-state index contributed by atoms with van der Waals surface area (Å²) in [5.41, 5.74) is 6.46. The molecule has 0 unspecified atom stereocenters. The van der Waals surface area contributed by atoms with Crippen LogP contribution in [0, 0.1) is 0 Å². The van der Waals surface area contributed by atoms with E-state index in [2.05, 4.69) is 15.8 Å². The highest BCUT2D eigenvalue weighted by atomic mass is 32.1. The third-order valence-corrected chi connectivity index (χ3v) is 2.65. The lowest BCUT2D eigenvalue weighted by Crippen LogP contribution is -2.12. The number of nitrogens with two attached hydrogens (primary N) is 1. The first-order chi connectivity index (χ1) is 6.42. The molecule has 0 aliphatic rings. The van der Waals surface area contributed by atoms with Crippen molar-refractivity contribution in [2.24, 2.45) is 5.73 Å². The van der Waals surface area contributed by atoms with Gasteiger partial charge in [-0.25, -0.2) is 0 Å². The van der Waals surface area contributed by atoms with Crippen LogP contribution >= 0.6 is 11.5 Å². The maximum Gasteiger partial charge on any atom is 0.117 e. The number of nitrogens with zero attached hydrogens (tertiary/aromatic N) is 1. The third kappa shape index (κ3) is 1.64. The van der Waals surface area contributed by atoms with Gasteiger partial charge in [-0.3, -0.25) is 0 Å². The van der Waals surface area contributed by atoms with Gasteiger partial charge in [-0.15, -0.1) is 0 Å². The smallest absolute Gasteiger partial charge is 0.117 e. The van der Waals surface area contributed by atoms with Crippen molar-refractivity contribution >= 4 is 27.4 Å². The lowest BCUT2D eigenvalue weighted by atomic mass is 10.2. The minimum atomic E-state index is 0.645. The molecule has 1 heterocycles. The zero-order valence-electron chi connectivity index (χ0n) is 7.16. The number of benzene rings is 1. The highest BCUT2D eigenvalue weighted by Crippen LogP contribution is 2.26. The van der Waals surface area contributed by atoms with Crippen molar-refractivity contribution in [3.63, 3.8) is 0 Å². The Morgan fingerprint density at radius 3 is 3.08 bits per heavy atom. The molecule has 0 spiro atoms. The van der Waals surface area contributed by atoms with Crippen LogP contribution in [0.15, 0.2) is 24.3 Å². The van der Waals surface area contributed by atoms with Crippen molar-refractivity contribution in [2.45, 2.75) is 0 Å². The third-order valence-electron chi connectivity index (χ3n) is 1.81. The van der Waals surface area contributed by atoms with Crippen LogP contribution in [0.1, 0.15) is 0 Å². The summed E-state index contributed by atoms with van der Waals surface area (Å²) < 4.78 is 4.31. The monoisotopic (exact) mass is 193 g/mol. The van der Waals surface area contributed by atoms with Crippen LogP contribution in [-0.2, 0) is 0 Å². The quantitative estimate of drug-likeness (QED) is 0.779. The molecule has 3 N–H and O–H groups in total. The van der Waals surface area contributed by atoms with Crippen LogP contribution in [0.5, 0.6) is 0 Å². The van der Waals surface area contributed by atoms with E-state index in [1.54, 1.807) is 0 Å². The largest absolute Gasteiger partial charge is 0.374 e. The first kappa shape index (κ1) is 8.47. The van der Waals surface area contributed by atoms with Crippen molar-refractivity contribution in [1.29, 1.82) is 0 Å². The molecule has 0 aliphatic heterocycles. The molecular formula is C9H11N3S. The molecule has 0 amide bonds. The zero-order chi connectivity index (χ0) is 9.10. The normalized spacial score (nSPS) is 10.5. The van der Waals surface area contributed by atoms with E-state index >= 15 is 0 Å². The fourth-order valence-corrected chi connectivity index (χ4v) is 1.99. The fourth-order valence-electron chi connectivity index (χ4n) is 1.20. The minimum absolute atomic E-state index is 0.645. The Kier molecular flexibility index (Phi) is 2.42. The van der Waals surface area contributed by atoms with Gasteiger partial charge in [0.05, 0.1) is 5.52 Å². The predicted octanol–water partition coefficient (Wildman–Crippen LogP) is 1.67. The molecule has 0 saturated carbocycles. The van der Waals surface area contributed by atoms with E-state index in [4.69, 9.17) is 5.73 Å². The molecule has 0 aliphatic carbocycles. The van der Waals surface area contributed by atoms with E-state index in [1.165, 1.54) is 16.9 Å². The molecule has 1 aromatic heterocycles. The van der Waals surface area contributed by atoms with Crippen LogP contribution < -0.4 is 11.1 Å². The lowest BCUT2D eigenvalue weighted by molar-refractivity contribution is 1.03. The molecule has 2 rings (SSSR count). The van der Waals surface area contributed by atoms with Gasteiger partial charge in [-0.05, 0) is 23.7 Å². The van der Waals surface area contributed by atoms with E-state index in [1.807, 2.05) is 18.2 Å². The molecule has 68 valence electrons. The van der Waals surface area contributed by atoms with Gasteiger partial charge in [-0.1, -0.05) is 12.1 Å². The van der Waals surface area contributed by atoms with Crippen LogP contribution in [0.4, 0.5) is 5.00 Å². The van der Waals surface area contributed by atoms with Crippen molar-refractivity contribution in [3.8, 4) is 0 Å². The zero-order valence-corrected chi connectivity index (χ0v) is 7.97. The number of hydrogen-bond acceptors (Lipinski definition) is 4. The van der Waals surface area contributed by atoms with E-state index in [9.17, 15) is 0 Å². The summed E-state index contributed by atoms with van der Waals surface area (Å²) >= 11 is 1.49. The molecule has 13 heavy (non-hydrogen) atoms. The maximum absolute atomic E-state index is 5.41. The highest BCUT2D eigenvalue weighted by Gasteiger charge is 2.02. The number of fused-ring (bicyclic) bond motifs is 1. The van der Waals surface area contributed by atoms with Crippen LogP contribution in [0.25, 0.3) is 10.9 Å². The Morgan fingerprint density at radius 1 is 1.38 bits per heavy atom. The Morgan fingerprint density at radius 2 is 2.23 bits per heavy atom. The molecule has 1 aromatic carbocycles. The Labute approximate surface area is 80.7 Å². The van der Waals surface area contributed by atoms with E-state index in [-0.39, 0.29) is 0 Å². The van der Waals surface area contributed by atoms with E-state index < -0.39 is 0 Å². The summed E-state index contributed by atoms with van der Waals surface area (Å²) in [6, 6.07) is 8.09. The molecule has 0 fully saturated rings. The Bertz CT molecular complexity index is 396. The minimum Gasteiger partial charge on any atom is -0.374 e. The summed E-state index contributed by atoms with van der Waals surface area (Å²) in [6.07, 6.45) is 0. The standard InChI is InChI=1S/C9H11N3S/c10-5-6-11-9-7-3-1-2-4-8(7)12-13-9/h1-4,11H,5-6,10H2. The van der Waals surface area contributed by atoms with Crippen LogP contribution in [-0.4, -0.2) is 17.5 Å². The highest BCUT2D eigenvalue weighted by molar-refractivity contribution is 7.11. The van der Waals surface area contributed by atoms with E-state index in [0.29, 0.717) is 6.54 Å². The number of aromatic nitrogens is 1. The average molecular weight is 193 g/mol. The van der Waals surface area contributed by atoms with Gasteiger partial charge in [0.25, 0.3) is 0 Å². The summed E-state index contributed by atoms with van der Waals surface area (Å²) in [5, 5.41) is 5.54. The SMILES string of the molecule is NCCNc1snc2ccccc12. The van der Waals surface area contributed by atoms with Gasteiger partial charge in [0.2, 0.25) is 0 Å². The van der Waals surface area contributed by atoms with Gasteiger partial charge in [0.1, 0.15) is 5.00 Å². The topological polar surface area (TPSA) is 50.9 Å². The van der Waals surface area contributed by atoms with Gasteiger partial charge in [0.15, 0.2) is 0 Å². The summed E-state index contributed by atoms with van der Waals surface area (Å²) in [5.74, 6) is 0. The molecule has 0 bridgehead atoms. The maximum atomic E-state index is 5.41. The predicted molar refractivity (Wildman–Crippen MR) is 57.2 cm³/mol. The Hall–Kier alpha value is -1.13. The lowest BCUT2D eigenvalue weighted by Gasteiger charge is -1.99. The molecular weight excluding hydrogens is 182 g/mol. The van der Waals surface area contributed by atoms with Crippen molar-refractivity contribution in [1.82, 2.24) is 4.37 Å². The molecule has 4 heteroatoms. The van der Waals surface area contributed by atoms with Crippen molar-refractivity contribution in [2.75, 3.05) is 18.4 Å². The van der Waals surface area contributed by atoms with Crippen molar-refractivity contribution < 1.29 is 0 Å². The average Bonchev–Trinajstić information content (AvgIpc) is 2.58.